The van der Waals surface area contributed by atoms with Gasteiger partial charge in [0.05, 0.1) is 0 Å². The molecule has 0 bridgehead atoms. The van der Waals surface area contributed by atoms with Gasteiger partial charge in [-0.05, 0) is 50.3 Å². The van der Waals surface area contributed by atoms with Crippen molar-refractivity contribution in [3.8, 4) is 0 Å². The van der Waals surface area contributed by atoms with Gasteiger partial charge in [-0.3, -0.25) is 4.79 Å². The van der Waals surface area contributed by atoms with Crippen molar-refractivity contribution in [1.82, 2.24) is 5.32 Å². The number of carbonyl (C=O) groups is 1. The molecule has 1 aromatic carbocycles. The highest BCUT2D eigenvalue weighted by atomic mass is 35.5. The van der Waals surface area contributed by atoms with Crippen LogP contribution in [0, 0.1) is 12.8 Å². The van der Waals surface area contributed by atoms with Crippen LogP contribution >= 0.6 is 12.4 Å². The molecule has 1 unspecified atom stereocenters. The van der Waals surface area contributed by atoms with Gasteiger partial charge in [-0.1, -0.05) is 18.9 Å². The molecule has 0 aromatic heterocycles. The van der Waals surface area contributed by atoms with Crippen molar-refractivity contribution in [1.29, 1.82) is 0 Å². The van der Waals surface area contributed by atoms with E-state index in [9.17, 15) is 4.79 Å². The molecule has 3 N–H and O–H groups in total. The second kappa shape index (κ2) is 6.80. The molecule has 0 radical (unpaired) electrons. The molecule has 1 atom stereocenters. The van der Waals surface area contributed by atoms with Crippen LogP contribution in [0.5, 0.6) is 0 Å². The Morgan fingerprint density at radius 1 is 1.37 bits per heavy atom. The molecule has 1 saturated carbocycles. The lowest BCUT2D eigenvalue weighted by Crippen LogP contribution is -2.37. The number of nitrogens with one attached hydrogen (secondary N) is 1. The molecule has 0 spiro atoms. The molecule has 1 amide bonds. The molecule has 106 valence electrons. The Hall–Kier alpha value is -1.22. The fourth-order valence-corrected chi connectivity index (χ4v) is 2.74. The van der Waals surface area contributed by atoms with E-state index in [-0.39, 0.29) is 24.4 Å². The first-order valence-corrected chi connectivity index (χ1v) is 6.75. The van der Waals surface area contributed by atoms with E-state index in [1.165, 1.54) is 25.7 Å². The third-order valence-electron chi connectivity index (χ3n) is 3.97. The quantitative estimate of drug-likeness (QED) is 0.836. The Balaban J connectivity index is 0.00000180. The number of rotatable bonds is 3. The number of hydrogen-bond acceptors (Lipinski definition) is 2. The van der Waals surface area contributed by atoms with E-state index in [1.807, 2.05) is 19.1 Å². The van der Waals surface area contributed by atoms with Crippen molar-refractivity contribution in [3.63, 3.8) is 0 Å². The Morgan fingerprint density at radius 3 is 2.63 bits per heavy atom. The number of aryl methyl sites for hydroxylation is 1. The summed E-state index contributed by atoms with van der Waals surface area (Å²) in [5.74, 6) is 0.634. The fraction of sp³-hybridized carbons (Fsp3) is 0.533. The summed E-state index contributed by atoms with van der Waals surface area (Å²) in [5.41, 5.74) is 8.04. The van der Waals surface area contributed by atoms with Gasteiger partial charge in [-0.25, -0.2) is 0 Å². The van der Waals surface area contributed by atoms with Crippen LogP contribution < -0.4 is 11.1 Å². The van der Waals surface area contributed by atoms with Crippen molar-refractivity contribution < 1.29 is 4.79 Å². The van der Waals surface area contributed by atoms with Gasteiger partial charge in [0.25, 0.3) is 5.91 Å². The van der Waals surface area contributed by atoms with E-state index in [0.29, 0.717) is 17.2 Å². The zero-order valence-corrected chi connectivity index (χ0v) is 12.4. The minimum Gasteiger partial charge on any atom is -0.399 e. The number of nitrogen functional groups attached to an aromatic ring is 1. The lowest BCUT2D eigenvalue weighted by molar-refractivity contribution is 0.0926. The van der Waals surface area contributed by atoms with Gasteiger partial charge >= 0.3 is 0 Å². The number of anilines is 1. The SMILES string of the molecule is Cc1ccc(N)cc1C(=O)NC(C)C1CCCC1.Cl. The number of amides is 1. The topological polar surface area (TPSA) is 55.1 Å². The smallest absolute Gasteiger partial charge is 0.251 e. The van der Waals surface area contributed by atoms with Crippen LogP contribution in [0.2, 0.25) is 0 Å². The van der Waals surface area contributed by atoms with E-state index in [4.69, 9.17) is 5.73 Å². The molecule has 3 nitrogen and oxygen atoms in total. The first-order chi connectivity index (χ1) is 8.58. The van der Waals surface area contributed by atoms with Gasteiger partial charge in [0, 0.05) is 17.3 Å². The van der Waals surface area contributed by atoms with Crippen LogP contribution in [0.3, 0.4) is 0 Å². The third kappa shape index (κ3) is 3.87. The fourth-order valence-electron chi connectivity index (χ4n) is 2.74. The van der Waals surface area contributed by atoms with Gasteiger partial charge in [-0.2, -0.15) is 0 Å². The maximum Gasteiger partial charge on any atom is 0.251 e. The first kappa shape index (κ1) is 15.8. The molecule has 0 saturated heterocycles. The summed E-state index contributed by atoms with van der Waals surface area (Å²) in [6.45, 7) is 4.05. The molecule has 0 aliphatic heterocycles. The third-order valence-corrected chi connectivity index (χ3v) is 3.97. The summed E-state index contributed by atoms with van der Waals surface area (Å²) in [7, 11) is 0. The van der Waals surface area contributed by atoms with Crippen molar-refractivity contribution >= 4 is 24.0 Å². The summed E-state index contributed by atoms with van der Waals surface area (Å²) in [5, 5.41) is 3.11. The standard InChI is InChI=1S/C15H22N2O.ClH/c1-10-7-8-13(16)9-14(10)15(18)17-11(2)12-5-3-4-6-12;/h7-9,11-12H,3-6,16H2,1-2H3,(H,17,18);1H. The second-order valence-corrected chi connectivity index (χ2v) is 5.38. The average Bonchev–Trinajstić information content (AvgIpc) is 2.85. The molecule has 0 heterocycles. The maximum atomic E-state index is 12.2. The normalized spacial score (nSPS) is 16.7. The summed E-state index contributed by atoms with van der Waals surface area (Å²) in [6, 6.07) is 5.73. The average molecular weight is 283 g/mol. The first-order valence-electron chi connectivity index (χ1n) is 6.75. The zero-order valence-electron chi connectivity index (χ0n) is 11.6. The Kier molecular flexibility index (Phi) is 5.67. The van der Waals surface area contributed by atoms with Gasteiger partial charge in [0.2, 0.25) is 0 Å². The number of benzene rings is 1. The molecule has 4 heteroatoms. The molecular formula is C15H23ClN2O. The zero-order chi connectivity index (χ0) is 13.1. The van der Waals surface area contributed by atoms with Gasteiger partial charge in [0.1, 0.15) is 0 Å². The predicted molar refractivity (Wildman–Crippen MR) is 81.7 cm³/mol. The van der Waals surface area contributed by atoms with E-state index in [0.717, 1.165) is 5.56 Å². The molecule has 1 fully saturated rings. The van der Waals surface area contributed by atoms with Crippen LogP contribution in [-0.4, -0.2) is 11.9 Å². The van der Waals surface area contributed by atoms with E-state index in [1.54, 1.807) is 6.07 Å². The second-order valence-electron chi connectivity index (χ2n) is 5.38. The highest BCUT2D eigenvalue weighted by Gasteiger charge is 2.23. The number of hydrogen-bond donors (Lipinski definition) is 2. The summed E-state index contributed by atoms with van der Waals surface area (Å²) >= 11 is 0. The van der Waals surface area contributed by atoms with Crippen LogP contribution in [0.25, 0.3) is 0 Å². The van der Waals surface area contributed by atoms with Crippen molar-refractivity contribution in [2.75, 3.05) is 5.73 Å². The van der Waals surface area contributed by atoms with Crippen LogP contribution in [0.4, 0.5) is 5.69 Å². The van der Waals surface area contributed by atoms with Gasteiger partial charge < -0.3 is 11.1 Å². The molecular weight excluding hydrogens is 260 g/mol. The van der Waals surface area contributed by atoms with Crippen molar-refractivity contribution in [2.45, 2.75) is 45.6 Å². The molecule has 2 rings (SSSR count). The van der Waals surface area contributed by atoms with Crippen LogP contribution in [-0.2, 0) is 0 Å². The lowest BCUT2D eigenvalue weighted by atomic mass is 9.99. The Bertz CT molecular complexity index is 442. The largest absolute Gasteiger partial charge is 0.399 e. The predicted octanol–water partition coefficient (Wildman–Crippen LogP) is 3.31. The van der Waals surface area contributed by atoms with E-state index < -0.39 is 0 Å². The summed E-state index contributed by atoms with van der Waals surface area (Å²) in [6.07, 6.45) is 5.05. The van der Waals surface area contributed by atoms with Gasteiger partial charge in [-0.15, -0.1) is 12.4 Å². The number of nitrogens with two attached hydrogens (primary N) is 1. The minimum absolute atomic E-state index is 0. The Labute approximate surface area is 121 Å². The van der Waals surface area contributed by atoms with E-state index >= 15 is 0 Å². The van der Waals surface area contributed by atoms with E-state index in [2.05, 4.69) is 12.2 Å². The maximum absolute atomic E-state index is 12.2. The monoisotopic (exact) mass is 282 g/mol. The summed E-state index contributed by atoms with van der Waals surface area (Å²) in [4.78, 5) is 12.2. The highest BCUT2D eigenvalue weighted by Crippen LogP contribution is 2.27. The number of carbonyl (C=O) groups excluding carboxylic acids is 1. The minimum atomic E-state index is -0.000741. The number of halogens is 1. The highest BCUT2D eigenvalue weighted by molar-refractivity contribution is 5.96. The van der Waals surface area contributed by atoms with Gasteiger partial charge in [0.15, 0.2) is 0 Å². The van der Waals surface area contributed by atoms with Crippen molar-refractivity contribution in [3.05, 3.63) is 29.3 Å². The molecule has 19 heavy (non-hydrogen) atoms. The molecule has 1 aliphatic rings. The Morgan fingerprint density at radius 2 is 2.00 bits per heavy atom. The molecule has 1 aromatic rings. The van der Waals surface area contributed by atoms with Crippen LogP contribution in [0.1, 0.15) is 48.5 Å². The van der Waals surface area contributed by atoms with Crippen molar-refractivity contribution in [2.24, 2.45) is 5.92 Å². The van der Waals surface area contributed by atoms with Crippen LogP contribution in [0.15, 0.2) is 18.2 Å². The molecule has 1 aliphatic carbocycles. The lowest BCUT2D eigenvalue weighted by Gasteiger charge is -2.21. The summed E-state index contributed by atoms with van der Waals surface area (Å²) < 4.78 is 0.